The van der Waals surface area contributed by atoms with E-state index in [1.54, 1.807) is 5.57 Å². The smallest absolute Gasteiger partial charge is 0.0721 e. The van der Waals surface area contributed by atoms with Crippen molar-refractivity contribution in [3.63, 3.8) is 0 Å². The Labute approximate surface area is 176 Å². The molecular formula is C24H41NO2S. The fourth-order valence-corrected chi connectivity index (χ4v) is 6.22. The summed E-state index contributed by atoms with van der Waals surface area (Å²) in [6, 6.07) is 0. The highest BCUT2D eigenvalue weighted by Crippen LogP contribution is 2.47. The van der Waals surface area contributed by atoms with Gasteiger partial charge in [-0.1, -0.05) is 50.0 Å². The molecule has 0 aromatic rings. The van der Waals surface area contributed by atoms with Crippen LogP contribution in [0, 0.1) is 17.8 Å². The topological polar surface area (TPSA) is 43.7 Å². The number of rotatable bonds is 12. The second kappa shape index (κ2) is 11.8. The van der Waals surface area contributed by atoms with Gasteiger partial charge in [0.15, 0.2) is 0 Å². The molecule has 0 aromatic carbocycles. The van der Waals surface area contributed by atoms with Crippen LogP contribution in [0.2, 0.25) is 0 Å². The number of aliphatic hydroxyl groups is 2. The van der Waals surface area contributed by atoms with E-state index in [0.717, 1.165) is 25.7 Å². The monoisotopic (exact) mass is 407 g/mol. The molecular weight excluding hydrogens is 366 g/mol. The number of likely N-dealkylation sites (tertiary alicyclic amines) is 1. The van der Waals surface area contributed by atoms with Crippen LogP contribution < -0.4 is 0 Å². The van der Waals surface area contributed by atoms with E-state index in [4.69, 9.17) is 0 Å². The average Bonchev–Trinajstić information content (AvgIpc) is 3.37. The highest BCUT2D eigenvalue weighted by molar-refractivity contribution is 7.99. The fourth-order valence-electron chi connectivity index (χ4n) is 5.27. The largest absolute Gasteiger partial charge is 0.392 e. The van der Waals surface area contributed by atoms with E-state index in [1.807, 2.05) is 6.08 Å². The molecule has 1 heterocycles. The maximum Gasteiger partial charge on any atom is 0.0721 e. The van der Waals surface area contributed by atoms with E-state index in [0.29, 0.717) is 11.8 Å². The van der Waals surface area contributed by atoms with E-state index >= 15 is 0 Å². The Morgan fingerprint density at radius 3 is 2.86 bits per heavy atom. The zero-order valence-corrected chi connectivity index (χ0v) is 18.6. The van der Waals surface area contributed by atoms with Crippen LogP contribution in [0.1, 0.15) is 64.7 Å². The number of hydrogen-bond donors (Lipinski definition) is 2. The van der Waals surface area contributed by atoms with Crippen molar-refractivity contribution in [1.82, 2.24) is 4.90 Å². The second-order valence-corrected chi connectivity index (χ2v) is 10.2. The van der Waals surface area contributed by atoms with Gasteiger partial charge in [0, 0.05) is 11.7 Å². The van der Waals surface area contributed by atoms with E-state index in [2.05, 4.69) is 35.7 Å². The molecule has 1 aliphatic heterocycles. The van der Waals surface area contributed by atoms with Crippen LogP contribution in [-0.4, -0.2) is 58.5 Å². The van der Waals surface area contributed by atoms with Crippen molar-refractivity contribution in [3.8, 4) is 0 Å². The van der Waals surface area contributed by atoms with Crippen LogP contribution in [0.5, 0.6) is 0 Å². The number of hydrogen-bond acceptors (Lipinski definition) is 4. The standard InChI is InChI=1S/C24H41NO2S/c1-2-3-4-8-21(26)9-10-22-23-16-19(15-20(23)17-24(22)27)18-28-14-7-13-25-11-5-6-12-25/h9-10,15,20-24,26-27H,2-8,11-14,16-18H2,1H3/t20-,21-,22+,23-,24+/m0/s1. The van der Waals surface area contributed by atoms with Gasteiger partial charge in [-0.15, -0.1) is 0 Å². The molecule has 0 radical (unpaired) electrons. The second-order valence-electron chi connectivity index (χ2n) is 9.14. The number of aliphatic hydroxyl groups excluding tert-OH is 2. The van der Waals surface area contributed by atoms with Gasteiger partial charge < -0.3 is 15.1 Å². The molecule has 2 N–H and O–H groups in total. The summed E-state index contributed by atoms with van der Waals surface area (Å²) < 4.78 is 0. The van der Waals surface area contributed by atoms with Crippen molar-refractivity contribution in [2.24, 2.45) is 17.8 Å². The summed E-state index contributed by atoms with van der Waals surface area (Å²) in [5, 5.41) is 20.7. The van der Waals surface area contributed by atoms with Crippen LogP contribution in [0.15, 0.2) is 23.8 Å². The number of thioether (sulfide) groups is 1. The molecule has 28 heavy (non-hydrogen) atoms. The predicted molar refractivity (Wildman–Crippen MR) is 121 cm³/mol. The maximum atomic E-state index is 10.5. The van der Waals surface area contributed by atoms with Crippen molar-refractivity contribution in [2.75, 3.05) is 31.1 Å². The third-order valence-electron chi connectivity index (χ3n) is 6.86. The molecule has 5 atom stereocenters. The van der Waals surface area contributed by atoms with Crippen LogP contribution in [0.3, 0.4) is 0 Å². The first kappa shape index (κ1) is 22.4. The first-order valence-corrected chi connectivity index (χ1v) is 12.9. The lowest BCUT2D eigenvalue weighted by molar-refractivity contribution is 0.140. The molecule has 0 bridgehead atoms. The van der Waals surface area contributed by atoms with Crippen molar-refractivity contribution in [2.45, 2.75) is 76.9 Å². The lowest BCUT2D eigenvalue weighted by Gasteiger charge is -2.19. The molecule has 2 fully saturated rings. The third-order valence-corrected chi connectivity index (χ3v) is 8.01. The Morgan fingerprint density at radius 1 is 1.25 bits per heavy atom. The summed E-state index contributed by atoms with van der Waals surface area (Å²) >= 11 is 2.09. The molecule has 3 aliphatic rings. The van der Waals surface area contributed by atoms with Crippen molar-refractivity contribution in [1.29, 1.82) is 0 Å². The highest BCUT2D eigenvalue weighted by Gasteiger charge is 2.43. The van der Waals surface area contributed by atoms with Crippen LogP contribution in [0.4, 0.5) is 0 Å². The molecule has 2 aliphatic carbocycles. The Bertz CT molecular complexity index is 515. The highest BCUT2D eigenvalue weighted by atomic mass is 32.2. The first-order chi connectivity index (χ1) is 13.7. The molecule has 3 rings (SSSR count). The van der Waals surface area contributed by atoms with Gasteiger partial charge in [-0.25, -0.2) is 0 Å². The Morgan fingerprint density at radius 2 is 2.07 bits per heavy atom. The summed E-state index contributed by atoms with van der Waals surface area (Å²) in [7, 11) is 0. The quantitative estimate of drug-likeness (QED) is 0.365. The maximum absolute atomic E-state index is 10.5. The molecule has 160 valence electrons. The predicted octanol–water partition coefficient (Wildman–Crippen LogP) is 4.65. The molecule has 3 nitrogen and oxygen atoms in total. The van der Waals surface area contributed by atoms with E-state index in [1.165, 1.54) is 63.2 Å². The van der Waals surface area contributed by atoms with Gasteiger partial charge in [0.05, 0.1) is 12.2 Å². The summed E-state index contributed by atoms with van der Waals surface area (Å²) in [6.07, 6.45) is 16.4. The zero-order chi connectivity index (χ0) is 19.8. The zero-order valence-electron chi connectivity index (χ0n) is 17.8. The fraction of sp³-hybridized carbons (Fsp3) is 0.833. The summed E-state index contributed by atoms with van der Waals surface area (Å²) in [4.78, 5) is 2.61. The Hall–Kier alpha value is -0.290. The summed E-state index contributed by atoms with van der Waals surface area (Å²) in [5.41, 5.74) is 1.59. The van der Waals surface area contributed by atoms with Crippen LogP contribution >= 0.6 is 11.8 Å². The molecule has 0 spiro atoms. The lowest BCUT2D eigenvalue weighted by Crippen LogP contribution is -2.20. The van der Waals surface area contributed by atoms with E-state index in [-0.39, 0.29) is 18.1 Å². The molecule has 1 saturated heterocycles. The Balaban J connectivity index is 1.36. The summed E-state index contributed by atoms with van der Waals surface area (Å²) in [5.74, 6) is 3.74. The van der Waals surface area contributed by atoms with Gasteiger partial charge in [0.2, 0.25) is 0 Å². The Kier molecular flexibility index (Phi) is 9.42. The minimum Gasteiger partial charge on any atom is -0.392 e. The molecule has 0 unspecified atom stereocenters. The SMILES string of the molecule is CCCCC[C@H](O)C=C[C@@H]1[C@H]2CC(CSCCCN3CCCC3)=C[C@H]2C[C@H]1O. The van der Waals surface area contributed by atoms with E-state index < -0.39 is 0 Å². The lowest BCUT2D eigenvalue weighted by atomic mass is 9.89. The number of allylic oxidation sites excluding steroid dienone is 1. The molecule has 4 heteroatoms. The van der Waals surface area contributed by atoms with Gasteiger partial charge in [0.25, 0.3) is 0 Å². The minimum atomic E-state index is -0.349. The average molecular weight is 408 g/mol. The van der Waals surface area contributed by atoms with Gasteiger partial charge in [-0.05, 0) is 75.7 Å². The minimum absolute atomic E-state index is 0.222. The third kappa shape index (κ3) is 6.62. The van der Waals surface area contributed by atoms with Crippen LogP contribution in [-0.2, 0) is 0 Å². The van der Waals surface area contributed by atoms with Crippen molar-refractivity contribution >= 4 is 11.8 Å². The molecule has 0 aromatic heterocycles. The van der Waals surface area contributed by atoms with Crippen molar-refractivity contribution < 1.29 is 10.2 Å². The van der Waals surface area contributed by atoms with Crippen LogP contribution in [0.25, 0.3) is 0 Å². The van der Waals surface area contributed by atoms with Gasteiger partial charge >= 0.3 is 0 Å². The van der Waals surface area contributed by atoms with Gasteiger partial charge in [0.1, 0.15) is 0 Å². The number of nitrogens with zero attached hydrogens (tertiary/aromatic N) is 1. The number of unbranched alkanes of at least 4 members (excludes halogenated alkanes) is 2. The van der Waals surface area contributed by atoms with Crippen molar-refractivity contribution in [3.05, 3.63) is 23.8 Å². The number of fused-ring (bicyclic) bond motifs is 1. The molecule has 0 amide bonds. The molecule has 1 saturated carbocycles. The normalized spacial score (nSPS) is 31.6. The summed E-state index contributed by atoms with van der Waals surface area (Å²) in [6.45, 7) is 6.08. The van der Waals surface area contributed by atoms with Gasteiger partial charge in [-0.3, -0.25) is 0 Å². The van der Waals surface area contributed by atoms with Gasteiger partial charge in [-0.2, -0.15) is 11.8 Å². The van der Waals surface area contributed by atoms with E-state index in [9.17, 15) is 10.2 Å². The first-order valence-electron chi connectivity index (χ1n) is 11.7.